The third-order valence-corrected chi connectivity index (χ3v) is 2.12. The SMILES string of the molecule is COC(=O)c1nc(C(C)=O)cc(N)c1Cl. The Morgan fingerprint density at radius 2 is 2.13 bits per heavy atom. The number of nitrogens with zero attached hydrogens (tertiary/aromatic N) is 1. The summed E-state index contributed by atoms with van der Waals surface area (Å²) in [6, 6.07) is 1.32. The van der Waals surface area contributed by atoms with Crippen LogP contribution in [-0.4, -0.2) is 23.8 Å². The number of pyridine rings is 1. The number of ether oxygens (including phenoxy) is 1. The molecule has 80 valence electrons. The number of carbonyl (C=O) groups is 2. The summed E-state index contributed by atoms with van der Waals surface area (Å²) in [5, 5.41) is -0.00755. The topological polar surface area (TPSA) is 82.3 Å². The molecule has 6 heteroatoms. The highest BCUT2D eigenvalue weighted by atomic mass is 35.5. The van der Waals surface area contributed by atoms with Gasteiger partial charge >= 0.3 is 5.97 Å². The van der Waals surface area contributed by atoms with Crippen LogP contribution >= 0.6 is 11.6 Å². The molecule has 0 amide bonds. The van der Waals surface area contributed by atoms with Crippen molar-refractivity contribution in [3.8, 4) is 0 Å². The maximum absolute atomic E-state index is 11.2. The standard InChI is InChI=1S/C9H9ClN2O3/c1-4(13)6-3-5(11)7(10)8(12-6)9(14)15-2/h3H,1-2H3,(H2,11,12). The first-order valence-electron chi connectivity index (χ1n) is 4.02. The summed E-state index contributed by atoms with van der Waals surface area (Å²) in [4.78, 5) is 26.1. The average molecular weight is 229 g/mol. The summed E-state index contributed by atoms with van der Waals surface area (Å²) in [5.41, 5.74) is 5.57. The zero-order valence-electron chi connectivity index (χ0n) is 8.20. The van der Waals surface area contributed by atoms with E-state index >= 15 is 0 Å². The van der Waals surface area contributed by atoms with Gasteiger partial charge in [-0.3, -0.25) is 4.79 Å². The number of aromatic nitrogens is 1. The second-order valence-electron chi connectivity index (χ2n) is 2.81. The van der Waals surface area contributed by atoms with Crippen LogP contribution in [0, 0.1) is 0 Å². The van der Waals surface area contributed by atoms with Gasteiger partial charge in [0.1, 0.15) is 5.69 Å². The van der Waals surface area contributed by atoms with Crippen LogP contribution in [0.2, 0.25) is 5.02 Å². The molecule has 15 heavy (non-hydrogen) atoms. The normalized spacial score (nSPS) is 9.80. The number of anilines is 1. The maximum Gasteiger partial charge on any atom is 0.358 e. The van der Waals surface area contributed by atoms with Crippen LogP contribution < -0.4 is 5.73 Å². The zero-order chi connectivity index (χ0) is 11.6. The molecule has 0 unspecified atom stereocenters. The number of nitrogens with two attached hydrogens (primary N) is 1. The predicted molar refractivity (Wildman–Crippen MR) is 55.0 cm³/mol. The van der Waals surface area contributed by atoms with Crippen molar-refractivity contribution in [1.29, 1.82) is 0 Å². The van der Waals surface area contributed by atoms with Gasteiger partial charge in [0.25, 0.3) is 0 Å². The Kier molecular flexibility index (Phi) is 3.26. The van der Waals surface area contributed by atoms with Crippen molar-refractivity contribution < 1.29 is 14.3 Å². The third-order valence-electron chi connectivity index (χ3n) is 1.73. The van der Waals surface area contributed by atoms with E-state index < -0.39 is 5.97 Å². The van der Waals surface area contributed by atoms with Gasteiger partial charge in [-0.2, -0.15) is 0 Å². The number of rotatable bonds is 2. The van der Waals surface area contributed by atoms with Gasteiger partial charge < -0.3 is 10.5 Å². The lowest BCUT2D eigenvalue weighted by atomic mass is 10.2. The van der Waals surface area contributed by atoms with Crippen LogP contribution in [0.1, 0.15) is 27.9 Å². The molecule has 2 N–H and O–H groups in total. The number of methoxy groups -OCH3 is 1. The quantitative estimate of drug-likeness (QED) is 0.610. The smallest absolute Gasteiger partial charge is 0.358 e. The Balaban J connectivity index is 3.37. The predicted octanol–water partition coefficient (Wildman–Crippen LogP) is 1.31. The average Bonchev–Trinajstić information content (AvgIpc) is 2.20. The van der Waals surface area contributed by atoms with Gasteiger partial charge in [-0.15, -0.1) is 0 Å². The molecule has 0 atom stereocenters. The van der Waals surface area contributed by atoms with Crippen LogP contribution in [0.3, 0.4) is 0 Å². The van der Waals surface area contributed by atoms with E-state index in [1.54, 1.807) is 0 Å². The fourth-order valence-corrected chi connectivity index (χ4v) is 1.14. The summed E-state index contributed by atoms with van der Waals surface area (Å²) in [7, 11) is 1.19. The van der Waals surface area contributed by atoms with E-state index in [-0.39, 0.29) is 27.9 Å². The molecule has 1 aromatic heterocycles. The van der Waals surface area contributed by atoms with Crippen molar-refractivity contribution in [3.63, 3.8) is 0 Å². The lowest BCUT2D eigenvalue weighted by molar-refractivity contribution is 0.0594. The Hall–Kier alpha value is -1.62. The molecule has 0 aliphatic carbocycles. The van der Waals surface area contributed by atoms with Crippen LogP contribution in [0.5, 0.6) is 0 Å². The largest absolute Gasteiger partial charge is 0.464 e. The summed E-state index contributed by atoms with van der Waals surface area (Å²) in [6.07, 6.45) is 0. The van der Waals surface area contributed by atoms with E-state index in [0.717, 1.165) is 0 Å². The molecule has 1 aromatic rings. The monoisotopic (exact) mass is 228 g/mol. The number of nitrogen functional groups attached to an aromatic ring is 1. The summed E-state index contributed by atoms with van der Waals surface area (Å²) in [6.45, 7) is 1.32. The first-order chi connectivity index (χ1) is 6.97. The highest BCUT2D eigenvalue weighted by Crippen LogP contribution is 2.23. The van der Waals surface area contributed by atoms with Crippen molar-refractivity contribution >= 4 is 29.0 Å². The van der Waals surface area contributed by atoms with Gasteiger partial charge in [-0.1, -0.05) is 11.6 Å². The molecular formula is C9H9ClN2O3. The Morgan fingerprint density at radius 1 is 1.53 bits per heavy atom. The van der Waals surface area contributed by atoms with E-state index in [9.17, 15) is 9.59 Å². The van der Waals surface area contributed by atoms with E-state index in [1.165, 1.54) is 20.1 Å². The number of esters is 1. The van der Waals surface area contributed by atoms with E-state index in [1.807, 2.05) is 0 Å². The molecule has 0 fully saturated rings. The molecule has 0 aromatic carbocycles. The summed E-state index contributed by atoms with van der Waals surface area (Å²) >= 11 is 5.74. The fourth-order valence-electron chi connectivity index (χ4n) is 0.961. The highest BCUT2D eigenvalue weighted by molar-refractivity contribution is 6.35. The lowest BCUT2D eigenvalue weighted by Crippen LogP contribution is -2.10. The van der Waals surface area contributed by atoms with Crippen molar-refractivity contribution in [3.05, 3.63) is 22.5 Å². The van der Waals surface area contributed by atoms with E-state index in [4.69, 9.17) is 17.3 Å². The molecule has 0 bridgehead atoms. The Labute approximate surface area is 91.2 Å². The van der Waals surface area contributed by atoms with Crippen LogP contribution in [0.15, 0.2) is 6.07 Å². The number of Topliss-reactive ketones (excluding diaryl/α,β-unsaturated/α-hetero) is 1. The second-order valence-corrected chi connectivity index (χ2v) is 3.19. The molecule has 1 rings (SSSR count). The Morgan fingerprint density at radius 3 is 2.60 bits per heavy atom. The van der Waals surface area contributed by atoms with E-state index in [0.29, 0.717) is 0 Å². The van der Waals surface area contributed by atoms with Gasteiger partial charge in [0.05, 0.1) is 17.8 Å². The highest BCUT2D eigenvalue weighted by Gasteiger charge is 2.17. The minimum absolute atomic E-state index is 0.00755. The summed E-state index contributed by atoms with van der Waals surface area (Å²) in [5.74, 6) is -1.03. The van der Waals surface area contributed by atoms with Gasteiger partial charge in [0.15, 0.2) is 11.5 Å². The van der Waals surface area contributed by atoms with Crippen molar-refractivity contribution in [2.75, 3.05) is 12.8 Å². The first-order valence-corrected chi connectivity index (χ1v) is 4.40. The molecular weight excluding hydrogens is 220 g/mol. The molecule has 5 nitrogen and oxygen atoms in total. The molecule has 0 saturated carbocycles. The van der Waals surface area contributed by atoms with Crippen LogP contribution in [0.4, 0.5) is 5.69 Å². The Bertz CT molecular complexity index is 432. The molecule has 0 aliphatic heterocycles. The molecule has 1 heterocycles. The number of carbonyl (C=O) groups excluding carboxylic acids is 2. The van der Waals surface area contributed by atoms with Crippen molar-refractivity contribution in [1.82, 2.24) is 4.98 Å². The molecule has 0 radical (unpaired) electrons. The molecule has 0 saturated heterocycles. The van der Waals surface area contributed by atoms with Crippen molar-refractivity contribution in [2.24, 2.45) is 0 Å². The van der Waals surface area contributed by atoms with Gasteiger partial charge in [0, 0.05) is 6.92 Å². The minimum atomic E-state index is -0.727. The molecule has 0 spiro atoms. The third kappa shape index (κ3) is 2.24. The number of hydrogen-bond acceptors (Lipinski definition) is 5. The van der Waals surface area contributed by atoms with Gasteiger partial charge in [-0.25, -0.2) is 9.78 Å². The lowest BCUT2D eigenvalue weighted by Gasteiger charge is -2.05. The first kappa shape index (κ1) is 11.5. The second kappa shape index (κ2) is 4.27. The maximum atomic E-state index is 11.2. The fraction of sp³-hybridized carbons (Fsp3) is 0.222. The minimum Gasteiger partial charge on any atom is -0.464 e. The van der Waals surface area contributed by atoms with Gasteiger partial charge in [0.2, 0.25) is 0 Å². The summed E-state index contributed by atoms with van der Waals surface area (Å²) < 4.78 is 4.45. The van der Waals surface area contributed by atoms with Crippen LogP contribution in [-0.2, 0) is 4.74 Å². The van der Waals surface area contributed by atoms with Crippen LogP contribution in [0.25, 0.3) is 0 Å². The van der Waals surface area contributed by atoms with Crippen molar-refractivity contribution in [2.45, 2.75) is 6.92 Å². The zero-order valence-corrected chi connectivity index (χ0v) is 8.96. The molecule has 0 aliphatic rings. The van der Waals surface area contributed by atoms with Gasteiger partial charge in [-0.05, 0) is 6.07 Å². The number of ketones is 1. The number of hydrogen-bond donors (Lipinski definition) is 1. The van der Waals surface area contributed by atoms with E-state index in [2.05, 4.69) is 9.72 Å². The number of halogens is 1.